The Morgan fingerprint density at radius 1 is 1.14 bits per heavy atom. The van der Waals surface area contributed by atoms with Crippen molar-refractivity contribution in [3.63, 3.8) is 0 Å². The highest BCUT2D eigenvalue weighted by molar-refractivity contribution is 5.88. The number of nitrogens with zero attached hydrogens (tertiary/aromatic N) is 1. The largest absolute Gasteiger partial charge is 0.483 e. The van der Waals surface area contributed by atoms with Crippen molar-refractivity contribution < 1.29 is 9.53 Å². The first-order valence-electron chi connectivity index (χ1n) is 7.32. The maximum absolute atomic E-state index is 12.0. The number of ether oxygens (including phenoxy) is 1. The Bertz CT molecular complexity index is 621. The van der Waals surface area contributed by atoms with Gasteiger partial charge in [-0.15, -0.1) is 0 Å². The van der Waals surface area contributed by atoms with Crippen LogP contribution in [0, 0.1) is 0 Å². The van der Waals surface area contributed by atoms with Crippen molar-refractivity contribution in [1.82, 2.24) is 4.90 Å². The first-order chi connectivity index (χ1) is 10.2. The zero-order valence-electron chi connectivity index (χ0n) is 12.6. The lowest BCUT2D eigenvalue weighted by Crippen LogP contribution is -2.34. The molecule has 0 aliphatic rings. The van der Waals surface area contributed by atoms with Gasteiger partial charge in [-0.2, -0.15) is 0 Å². The average Bonchev–Trinajstić information content (AvgIpc) is 2.53. The minimum absolute atomic E-state index is 0.00358. The monoisotopic (exact) mass is 286 g/mol. The number of rotatable bonds is 6. The van der Waals surface area contributed by atoms with Crippen LogP contribution in [0.15, 0.2) is 36.4 Å². The van der Waals surface area contributed by atoms with Crippen molar-refractivity contribution in [3.8, 4) is 5.75 Å². The molecule has 2 rings (SSSR count). The van der Waals surface area contributed by atoms with E-state index in [1.165, 1.54) is 0 Å². The van der Waals surface area contributed by atoms with E-state index in [0.717, 1.165) is 16.3 Å². The fraction of sp³-hybridized carbons (Fsp3) is 0.353. The summed E-state index contributed by atoms with van der Waals surface area (Å²) < 4.78 is 5.71. The van der Waals surface area contributed by atoms with Gasteiger partial charge in [0, 0.05) is 25.2 Å². The summed E-state index contributed by atoms with van der Waals surface area (Å²) in [5.74, 6) is 0.688. The van der Waals surface area contributed by atoms with E-state index in [-0.39, 0.29) is 12.5 Å². The Morgan fingerprint density at radius 2 is 1.86 bits per heavy atom. The van der Waals surface area contributed by atoms with Gasteiger partial charge >= 0.3 is 0 Å². The average molecular weight is 286 g/mol. The van der Waals surface area contributed by atoms with Crippen LogP contribution in [0.3, 0.4) is 0 Å². The summed E-state index contributed by atoms with van der Waals surface area (Å²) in [6.07, 6.45) is 0. The minimum atomic E-state index is -0.00358. The number of carbonyl (C=O) groups is 1. The van der Waals surface area contributed by atoms with Gasteiger partial charge in [-0.3, -0.25) is 4.79 Å². The molecule has 0 saturated heterocycles. The molecule has 0 aromatic heterocycles. The van der Waals surface area contributed by atoms with E-state index in [1.807, 2.05) is 50.2 Å². The molecule has 0 spiro atoms. The van der Waals surface area contributed by atoms with E-state index in [0.29, 0.717) is 25.4 Å². The van der Waals surface area contributed by atoms with E-state index < -0.39 is 0 Å². The van der Waals surface area contributed by atoms with Gasteiger partial charge < -0.3 is 15.4 Å². The van der Waals surface area contributed by atoms with Gasteiger partial charge in [-0.1, -0.05) is 30.3 Å². The van der Waals surface area contributed by atoms with Crippen molar-refractivity contribution in [2.75, 3.05) is 19.7 Å². The predicted molar refractivity (Wildman–Crippen MR) is 85.3 cm³/mol. The molecular weight excluding hydrogens is 264 g/mol. The van der Waals surface area contributed by atoms with Crippen LogP contribution in [0.2, 0.25) is 0 Å². The van der Waals surface area contributed by atoms with Crippen molar-refractivity contribution in [2.45, 2.75) is 20.4 Å². The molecule has 0 aliphatic heterocycles. The zero-order chi connectivity index (χ0) is 15.2. The summed E-state index contributed by atoms with van der Waals surface area (Å²) in [6.45, 7) is 5.75. The summed E-state index contributed by atoms with van der Waals surface area (Å²) in [4.78, 5) is 13.8. The molecule has 2 aromatic carbocycles. The molecule has 0 atom stereocenters. The van der Waals surface area contributed by atoms with Gasteiger partial charge in [-0.25, -0.2) is 0 Å². The SMILES string of the molecule is CCN(CC)C(=O)COc1ccc2ccccc2c1CN. The molecule has 0 radical (unpaired) electrons. The van der Waals surface area contributed by atoms with Crippen LogP contribution >= 0.6 is 0 Å². The summed E-state index contributed by atoms with van der Waals surface area (Å²) in [5.41, 5.74) is 6.80. The Labute approximate surface area is 125 Å². The highest BCUT2D eigenvalue weighted by Crippen LogP contribution is 2.27. The summed E-state index contributed by atoms with van der Waals surface area (Å²) in [6, 6.07) is 11.9. The van der Waals surface area contributed by atoms with Crippen LogP contribution in [0.5, 0.6) is 5.75 Å². The lowest BCUT2D eigenvalue weighted by atomic mass is 10.0. The number of carbonyl (C=O) groups excluding carboxylic acids is 1. The first-order valence-corrected chi connectivity index (χ1v) is 7.32. The van der Waals surface area contributed by atoms with Crippen molar-refractivity contribution >= 4 is 16.7 Å². The van der Waals surface area contributed by atoms with Gasteiger partial charge in [0.1, 0.15) is 5.75 Å². The molecule has 0 saturated carbocycles. The molecule has 0 heterocycles. The van der Waals surface area contributed by atoms with Crippen LogP contribution < -0.4 is 10.5 Å². The number of nitrogens with two attached hydrogens (primary N) is 1. The van der Waals surface area contributed by atoms with Crippen LogP contribution in [0.25, 0.3) is 10.8 Å². The van der Waals surface area contributed by atoms with Gasteiger partial charge in [-0.05, 0) is 30.7 Å². The number of hydrogen-bond donors (Lipinski definition) is 1. The maximum atomic E-state index is 12.0. The highest BCUT2D eigenvalue weighted by Gasteiger charge is 2.12. The van der Waals surface area contributed by atoms with E-state index >= 15 is 0 Å². The quantitative estimate of drug-likeness (QED) is 0.888. The summed E-state index contributed by atoms with van der Waals surface area (Å²) in [5, 5.41) is 2.20. The van der Waals surface area contributed by atoms with Crippen molar-refractivity contribution in [3.05, 3.63) is 42.0 Å². The number of fused-ring (bicyclic) bond motifs is 1. The molecule has 21 heavy (non-hydrogen) atoms. The molecule has 1 amide bonds. The maximum Gasteiger partial charge on any atom is 0.260 e. The first kappa shape index (κ1) is 15.3. The normalized spacial score (nSPS) is 10.6. The number of benzene rings is 2. The Morgan fingerprint density at radius 3 is 2.52 bits per heavy atom. The van der Waals surface area contributed by atoms with Gasteiger partial charge in [0.2, 0.25) is 0 Å². The molecular formula is C17H22N2O2. The Balaban J connectivity index is 2.21. The fourth-order valence-corrected chi connectivity index (χ4v) is 2.47. The predicted octanol–water partition coefficient (Wildman–Crippen LogP) is 2.55. The third kappa shape index (κ3) is 3.34. The second-order valence-electron chi connectivity index (χ2n) is 4.82. The van der Waals surface area contributed by atoms with Crippen LogP contribution in [0.1, 0.15) is 19.4 Å². The molecule has 0 bridgehead atoms. The minimum Gasteiger partial charge on any atom is -0.483 e. The van der Waals surface area contributed by atoms with Crippen molar-refractivity contribution in [1.29, 1.82) is 0 Å². The van der Waals surface area contributed by atoms with Gasteiger partial charge in [0.25, 0.3) is 5.91 Å². The van der Waals surface area contributed by atoms with E-state index in [4.69, 9.17) is 10.5 Å². The fourth-order valence-electron chi connectivity index (χ4n) is 2.47. The molecule has 0 aliphatic carbocycles. The number of amides is 1. The molecule has 4 heteroatoms. The number of hydrogen-bond acceptors (Lipinski definition) is 3. The van der Waals surface area contributed by atoms with Gasteiger partial charge in [0.15, 0.2) is 6.61 Å². The molecule has 112 valence electrons. The third-order valence-electron chi connectivity index (χ3n) is 3.67. The molecule has 2 aromatic rings. The second-order valence-corrected chi connectivity index (χ2v) is 4.82. The summed E-state index contributed by atoms with van der Waals surface area (Å²) >= 11 is 0. The second kappa shape index (κ2) is 7.09. The van der Waals surface area contributed by atoms with Crippen molar-refractivity contribution in [2.24, 2.45) is 5.73 Å². The van der Waals surface area contributed by atoms with E-state index in [9.17, 15) is 4.79 Å². The summed E-state index contributed by atoms with van der Waals surface area (Å²) in [7, 11) is 0. The number of likely N-dealkylation sites (N-methyl/N-ethyl adjacent to an activating group) is 1. The van der Waals surface area contributed by atoms with Crippen LogP contribution in [-0.4, -0.2) is 30.5 Å². The smallest absolute Gasteiger partial charge is 0.260 e. The topological polar surface area (TPSA) is 55.6 Å². The molecule has 2 N–H and O–H groups in total. The third-order valence-corrected chi connectivity index (χ3v) is 3.67. The van der Waals surface area contributed by atoms with E-state index in [2.05, 4.69) is 0 Å². The Hall–Kier alpha value is -2.07. The van der Waals surface area contributed by atoms with Crippen LogP contribution in [-0.2, 0) is 11.3 Å². The zero-order valence-corrected chi connectivity index (χ0v) is 12.6. The molecule has 0 unspecified atom stereocenters. The lowest BCUT2D eigenvalue weighted by molar-refractivity contribution is -0.132. The lowest BCUT2D eigenvalue weighted by Gasteiger charge is -2.19. The van der Waals surface area contributed by atoms with Crippen LogP contribution in [0.4, 0.5) is 0 Å². The Kier molecular flexibility index (Phi) is 5.17. The molecule has 4 nitrogen and oxygen atoms in total. The highest BCUT2D eigenvalue weighted by atomic mass is 16.5. The van der Waals surface area contributed by atoms with Gasteiger partial charge in [0.05, 0.1) is 0 Å². The molecule has 0 fully saturated rings. The van der Waals surface area contributed by atoms with E-state index in [1.54, 1.807) is 4.90 Å². The standard InChI is InChI=1S/C17H22N2O2/c1-3-19(4-2)17(20)12-21-16-10-9-13-7-5-6-8-14(13)15(16)11-18/h5-10H,3-4,11-12,18H2,1-2H3.